The Labute approximate surface area is 152 Å². The van der Waals surface area contributed by atoms with Crippen molar-refractivity contribution in [2.24, 2.45) is 5.92 Å². The lowest BCUT2D eigenvalue weighted by atomic mass is 9.97. The second-order valence-corrected chi connectivity index (χ2v) is 8.64. The second kappa shape index (κ2) is 7.16. The zero-order valence-corrected chi connectivity index (χ0v) is 15.8. The lowest BCUT2D eigenvalue weighted by Gasteiger charge is -2.29. The molecule has 3 rings (SSSR count). The molecule has 2 aromatic rings. The molecule has 1 aliphatic heterocycles. The van der Waals surface area contributed by atoms with Crippen molar-refractivity contribution in [1.82, 2.24) is 14.5 Å². The number of carbonyl (C=O) groups excluding carboxylic acids is 1. The van der Waals surface area contributed by atoms with Gasteiger partial charge >= 0.3 is 6.01 Å². The van der Waals surface area contributed by atoms with Gasteiger partial charge in [0.25, 0.3) is 0 Å². The van der Waals surface area contributed by atoms with Gasteiger partial charge in [-0.25, -0.2) is 12.7 Å². The minimum atomic E-state index is -3.21. The predicted molar refractivity (Wildman–Crippen MR) is 97.0 cm³/mol. The third-order valence-corrected chi connectivity index (χ3v) is 5.86. The third kappa shape index (κ3) is 4.10. The molecule has 0 aliphatic carbocycles. The molecule has 9 heteroatoms. The minimum absolute atomic E-state index is 0.0514. The number of hydrogen-bond acceptors (Lipinski definition) is 6. The first kappa shape index (κ1) is 18.5. The van der Waals surface area contributed by atoms with Crippen LogP contribution in [0.15, 0.2) is 22.6 Å². The molecule has 1 saturated heterocycles. The minimum Gasteiger partial charge on any atom is -0.403 e. The van der Waals surface area contributed by atoms with Gasteiger partial charge in [0.2, 0.25) is 21.8 Å². The molecule has 2 heterocycles. The van der Waals surface area contributed by atoms with E-state index in [2.05, 4.69) is 15.5 Å². The van der Waals surface area contributed by atoms with Crippen LogP contribution in [0.25, 0.3) is 11.5 Å². The zero-order chi connectivity index (χ0) is 18.9. The van der Waals surface area contributed by atoms with Crippen molar-refractivity contribution in [3.8, 4) is 11.5 Å². The zero-order valence-electron chi connectivity index (χ0n) is 15.0. The molecular formula is C17H22N4O4S. The molecular weight excluding hydrogens is 356 g/mol. The molecule has 1 aromatic carbocycles. The highest BCUT2D eigenvalue weighted by atomic mass is 32.2. The average molecular weight is 378 g/mol. The number of aromatic nitrogens is 2. The number of anilines is 1. The Morgan fingerprint density at radius 3 is 2.54 bits per heavy atom. The van der Waals surface area contributed by atoms with Gasteiger partial charge in [0.15, 0.2) is 0 Å². The Morgan fingerprint density at radius 1 is 1.23 bits per heavy atom. The molecule has 1 fully saturated rings. The summed E-state index contributed by atoms with van der Waals surface area (Å²) in [6, 6.07) is 5.94. The van der Waals surface area contributed by atoms with E-state index in [1.54, 1.807) is 0 Å². The topological polar surface area (TPSA) is 105 Å². The third-order valence-electron chi connectivity index (χ3n) is 4.56. The summed E-state index contributed by atoms with van der Waals surface area (Å²) in [4.78, 5) is 12.4. The molecule has 0 saturated carbocycles. The molecule has 140 valence electrons. The molecule has 1 N–H and O–H groups in total. The summed E-state index contributed by atoms with van der Waals surface area (Å²) in [5, 5.41) is 10.5. The van der Waals surface area contributed by atoms with Crippen LogP contribution in [0.4, 0.5) is 6.01 Å². The van der Waals surface area contributed by atoms with Crippen molar-refractivity contribution < 1.29 is 17.6 Å². The number of sulfonamides is 1. The number of carbonyl (C=O) groups is 1. The number of hydrogen-bond donors (Lipinski definition) is 1. The van der Waals surface area contributed by atoms with E-state index < -0.39 is 10.0 Å². The van der Waals surface area contributed by atoms with E-state index >= 15 is 0 Å². The van der Waals surface area contributed by atoms with E-state index in [9.17, 15) is 13.2 Å². The summed E-state index contributed by atoms with van der Waals surface area (Å²) in [5.74, 6) is -0.150. The van der Waals surface area contributed by atoms with Gasteiger partial charge in [0.05, 0.1) is 6.26 Å². The molecule has 26 heavy (non-hydrogen) atoms. The number of rotatable bonds is 4. The Kier molecular flexibility index (Phi) is 5.10. The maximum absolute atomic E-state index is 12.4. The van der Waals surface area contributed by atoms with Gasteiger partial charge in [-0.15, -0.1) is 5.10 Å². The van der Waals surface area contributed by atoms with E-state index in [-0.39, 0.29) is 17.8 Å². The van der Waals surface area contributed by atoms with Gasteiger partial charge < -0.3 is 4.42 Å². The first-order valence-electron chi connectivity index (χ1n) is 8.41. The fourth-order valence-corrected chi connectivity index (χ4v) is 3.97. The normalized spacial score (nSPS) is 16.6. The average Bonchev–Trinajstić information content (AvgIpc) is 3.02. The number of nitrogens with zero attached hydrogens (tertiary/aromatic N) is 3. The number of aryl methyl sites for hydroxylation is 2. The van der Waals surface area contributed by atoms with Crippen molar-refractivity contribution in [1.29, 1.82) is 0 Å². The smallest absolute Gasteiger partial charge is 0.322 e. The molecule has 0 radical (unpaired) electrons. The summed E-state index contributed by atoms with van der Waals surface area (Å²) in [6.45, 7) is 4.65. The van der Waals surface area contributed by atoms with Crippen LogP contribution in [-0.2, 0) is 14.8 Å². The summed E-state index contributed by atoms with van der Waals surface area (Å²) in [6.07, 6.45) is 2.12. The Hall–Kier alpha value is -2.26. The quantitative estimate of drug-likeness (QED) is 0.872. The van der Waals surface area contributed by atoms with Crippen LogP contribution >= 0.6 is 0 Å². The first-order chi connectivity index (χ1) is 12.2. The Morgan fingerprint density at radius 2 is 1.92 bits per heavy atom. The van der Waals surface area contributed by atoms with Crippen LogP contribution in [0.1, 0.15) is 24.0 Å². The highest BCUT2D eigenvalue weighted by molar-refractivity contribution is 7.88. The van der Waals surface area contributed by atoms with Crippen molar-refractivity contribution in [2.45, 2.75) is 26.7 Å². The maximum atomic E-state index is 12.4. The summed E-state index contributed by atoms with van der Waals surface area (Å²) in [5.41, 5.74) is 2.98. The Balaban J connectivity index is 1.63. The van der Waals surface area contributed by atoms with Crippen molar-refractivity contribution in [2.75, 3.05) is 24.7 Å². The molecule has 1 aliphatic rings. The molecule has 1 aromatic heterocycles. The lowest BCUT2D eigenvalue weighted by molar-refractivity contribution is -0.121. The number of amides is 1. The van der Waals surface area contributed by atoms with E-state index in [4.69, 9.17) is 4.42 Å². The van der Waals surface area contributed by atoms with Crippen LogP contribution in [-0.4, -0.2) is 48.2 Å². The SMILES string of the molecule is Cc1ccc(-c2nnc(NC(=O)C3CCN(S(C)(=O)=O)CC3)o2)c(C)c1. The van der Waals surface area contributed by atoms with Gasteiger partial charge in [0, 0.05) is 24.6 Å². The van der Waals surface area contributed by atoms with Crippen LogP contribution in [0, 0.1) is 19.8 Å². The molecule has 1 amide bonds. The lowest BCUT2D eigenvalue weighted by Crippen LogP contribution is -2.40. The number of benzene rings is 1. The van der Waals surface area contributed by atoms with Gasteiger partial charge in [-0.05, 0) is 38.3 Å². The van der Waals surface area contributed by atoms with Crippen molar-refractivity contribution >= 4 is 21.9 Å². The van der Waals surface area contributed by atoms with Crippen LogP contribution in [0.3, 0.4) is 0 Å². The molecule has 8 nitrogen and oxygen atoms in total. The predicted octanol–water partition coefficient (Wildman–Crippen LogP) is 1.96. The van der Waals surface area contributed by atoms with Gasteiger partial charge in [-0.3, -0.25) is 10.1 Å². The van der Waals surface area contributed by atoms with Crippen LogP contribution in [0.5, 0.6) is 0 Å². The summed E-state index contributed by atoms with van der Waals surface area (Å²) < 4.78 is 30.0. The summed E-state index contributed by atoms with van der Waals surface area (Å²) >= 11 is 0. The fraction of sp³-hybridized carbons (Fsp3) is 0.471. The molecule has 0 atom stereocenters. The van der Waals surface area contributed by atoms with Gasteiger partial charge in [0.1, 0.15) is 0 Å². The first-order valence-corrected chi connectivity index (χ1v) is 10.3. The van der Waals surface area contributed by atoms with Crippen molar-refractivity contribution in [3.05, 3.63) is 29.3 Å². The van der Waals surface area contributed by atoms with E-state index in [0.29, 0.717) is 31.8 Å². The number of nitrogens with one attached hydrogen (secondary N) is 1. The molecule has 0 bridgehead atoms. The standard InChI is InChI=1S/C17H22N4O4S/c1-11-4-5-14(12(2)10-11)16-19-20-17(25-16)18-15(22)13-6-8-21(9-7-13)26(3,23)24/h4-5,10,13H,6-9H2,1-3H3,(H,18,20,22). The van der Waals surface area contributed by atoms with E-state index in [1.807, 2.05) is 32.0 Å². The van der Waals surface area contributed by atoms with Crippen LogP contribution < -0.4 is 5.32 Å². The summed E-state index contributed by atoms with van der Waals surface area (Å²) in [7, 11) is -3.21. The molecule has 0 unspecified atom stereocenters. The largest absolute Gasteiger partial charge is 0.403 e. The number of piperidine rings is 1. The highest BCUT2D eigenvalue weighted by Gasteiger charge is 2.29. The molecule has 0 spiro atoms. The highest BCUT2D eigenvalue weighted by Crippen LogP contribution is 2.25. The fourth-order valence-electron chi connectivity index (χ4n) is 3.09. The van der Waals surface area contributed by atoms with Crippen LogP contribution in [0.2, 0.25) is 0 Å². The Bertz CT molecular complexity index is 915. The van der Waals surface area contributed by atoms with E-state index in [0.717, 1.165) is 16.7 Å². The van der Waals surface area contributed by atoms with E-state index in [1.165, 1.54) is 10.6 Å². The maximum Gasteiger partial charge on any atom is 0.322 e. The second-order valence-electron chi connectivity index (χ2n) is 6.66. The van der Waals surface area contributed by atoms with Crippen molar-refractivity contribution in [3.63, 3.8) is 0 Å². The van der Waals surface area contributed by atoms with Gasteiger partial charge in [-0.2, -0.15) is 0 Å². The monoisotopic (exact) mass is 378 g/mol. The van der Waals surface area contributed by atoms with Gasteiger partial charge in [-0.1, -0.05) is 22.8 Å².